The van der Waals surface area contributed by atoms with Crippen LogP contribution in [0.4, 0.5) is 10.5 Å². The van der Waals surface area contributed by atoms with E-state index in [0.29, 0.717) is 35.4 Å². The van der Waals surface area contributed by atoms with Crippen LogP contribution in [0.1, 0.15) is 68.9 Å². The summed E-state index contributed by atoms with van der Waals surface area (Å²) in [5.74, 6) is 1.47. The molecule has 0 aliphatic heterocycles. The smallest absolute Gasteiger partial charge is 0.319 e. The van der Waals surface area contributed by atoms with Crippen LogP contribution in [0.15, 0.2) is 53.7 Å². The molecular formula is C27H46N4O3S. The van der Waals surface area contributed by atoms with E-state index >= 15 is 0 Å². The zero-order valence-electron chi connectivity index (χ0n) is 18.1. The van der Waals surface area contributed by atoms with E-state index in [1.807, 2.05) is 6.07 Å². The Labute approximate surface area is 213 Å². The monoisotopic (exact) mass is 506 g/mol. The number of sulfonamides is 1. The van der Waals surface area contributed by atoms with Gasteiger partial charge in [-0.3, -0.25) is 4.98 Å². The molecule has 0 spiro atoms. The van der Waals surface area contributed by atoms with Crippen molar-refractivity contribution in [2.24, 2.45) is 23.2 Å². The molecule has 3 fully saturated rings. The van der Waals surface area contributed by atoms with Gasteiger partial charge in [0.1, 0.15) is 0 Å². The summed E-state index contributed by atoms with van der Waals surface area (Å²) < 4.78 is 28.7. The van der Waals surface area contributed by atoms with Crippen molar-refractivity contribution in [1.29, 1.82) is 0 Å². The largest absolute Gasteiger partial charge is 0.334 e. The SMILES string of the molecule is C.C.C.C.C[C@@H]1[C@H]2C[C@@H](C[C@H]1NS(=O)(=O)c1ccc(NC(=O)NCc3cccnc3)cc1)C2(C)C. The first-order chi connectivity index (χ1) is 14.7. The van der Waals surface area contributed by atoms with Crippen LogP contribution in [0.3, 0.4) is 0 Å². The van der Waals surface area contributed by atoms with Gasteiger partial charge in [-0.1, -0.05) is 56.5 Å². The van der Waals surface area contributed by atoms with Gasteiger partial charge in [-0.05, 0) is 71.9 Å². The predicted octanol–water partition coefficient (Wildman–Crippen LogP) is 6.30. The van der Waals surface area contributed by atoms with Gasteiger partial charge in [0.25, 0.3) is 0 Å². The van der Waals surface area contributed by atoms with Gasteiger partial charge in [-0.2, -0.15) is 0 Å². The fourth-order valence-corrected chi connectivity index (χ4v) is 6.49. The van der Waals surface area contributed by atoms with Gasteiger partial charge in [0.05, 0.1) is 4.90 Å². The van der Waals surface area contributed by atoms with Gasteiger partial charge < -0.3 is 10.6 Å². The Balaban J connectivity index is 0.00000289. The zero-order valence-corrected chi connectivity index (χ0v) is 18.9. The lowest BCUT2D eigenvalue weighted by molar-refractivity contribution is -0.111. The molecule has 0 unspecified atom stereocenters. The Morgan fingerprint density at radius 1 is 1.06 bits per heavy atom. The van der Waals surface area contributed by atoms with Crippen molar-refractivity contribution in [3.05, 3.63) is 54.4 Å². The van der Waals surface area contributed by atoms with Crippen molar-refractivity contribution in [2.45, 2.75) is 80.8 Å². The molecule has 7 nitrogen and oxygen atoms in total. The summed E-state index contributed by atoms with van der Waals surface area (Å²) >= 11 is 0. The number of fused-ring (bicyclic) bond motifs is 2. The fraction of sp³-hybridized carbons (Fsp3) is 0.556. The lowest BCUT2D eigenvalue weighted by atomic mass is 9.45. The van der Waals surface area contributed by atoms with Crippen LogP contribution in [0.5, 0.6) is 0 Å². The van der Waals surface area contributed by atoms with E-state index in [-0.39, 0.29) is 46.7 Å². The number of nitrogens with zero attached hydrogens (tertiary/aromatic N) is 1. The zero-order chi connectivity index (χ0) is 22.2. The molecule has 35 heavy (non-hydrogen) atoms. The molecule has 3 aliphatic rings. The minimum absolute atomic E-state index is 0. The van der Waals surface area contributed by atoms with Crippen LogP contribution >= 0.6 is 0 Å². The standard InChI is InChI=1S/C23H30N4O3S.4CH4/c1-15-20-11-17(23(20,2)3)12-21(15)27-31(29,30)19-8-6-18(7-9-19)26-22(28)25-14-16-5-4-10-24-13-16;;;;/h4-10,13,15,17,20-21,27H,11-12,14H2,1-3H3,(H2,25,26,28);4*1H4/t15-,17+,20-,21-;;;;/m1..../s1. The molecule has 1 aromatic heterocycles. The third-order valence-electron chi connectivity index (χ3n) is 7.26. The van der Waals surface area contributed by atoms with Crippen molar-refractivity contribution in [3.63, 3.8) is 0 Å². The van der Waals surface area contributed by atoms with E-state index in [9.17, 15) is 13.2 Å². The van der Waals surface area contributed by atoms with Crippen molar-refractivity contribution in [2.75, 3.05) is 5.32 Å². The highest BCUT2D eigenvalue weighted by molar-refractivity contribution is 7.89. The number of amides is 2. The Hall–Kier alpha value is -2.45. The number of hydrogen-bond donors (Lipinski definition) is 3. The third kappa shape index (κ3) is 6.82. The van der Waals surface area contributed by atoms with Gasteiger partial charge in [0, 0.05) is 30.7 Å². The van der Waals surface area contributed by atoms with E-state index in [1.54, 1.807) is 30.6 Å². The van der Waals surface area contributed by atoms with Crippen molar-refractivity contribution in [3.8, 4) is 0 Å². The molecule has 8 heteroatoms. The minimum atomic E-state index is -3.61. The van der Waals surface area contributed by atoms with E-state index in [1.165, 1.54) is 18.6 Å². The summed E-state index contributed by atoms with van der Waals surface area (Å²) in [5.41, 5.74) is 1.73. The number of aromatic nitrogens is 1. The molecule has 1 heterocycles. The Kier molecular flexibility index (Phi) is 11.6. The predicted molar refractivity (Wildman–Crippen MR) is 147 cm³/mol. The topological polar surface area (TPSA) is 100 Å². The Morgan fingerprint density at radius 2 is 1.71 bits per heavy atom. The van der Waals surface area contributed by atoms with Gasteiger partial charge in [-0.15, -0.1) is 0 Å². The van der Waals surface area contributed by atoms with Gasteiger partial charge in [0.15, 0.2) is 0 Å². The molecule has 3 N–H and O–H groups in total. The quantitative estimate of drug-likeness (QED) is 0.428. The number of benzene rings is 1. The second kappa shape index (κ2) is 12.5. The number of hydrogen-bond acceptors (Lipinski definition) is 4. The molecule has 1 aromatic carbocycles. The van der Waals surface area contributed by atoms with E-state index < -0.39 is 10.0 Å². The van der Waals surface area contributed by atoms with Gasteiger partial charge in [-0.25, -0.2) is 17.9 Å². The summed E-state index contributed by atoms with van der Waals surface area (Å²) in [4.78, 5) is 16.3. The maximum atomic E-state index is 12.9. The average Bonchev–Trinajstić information content (AvgIpc) is 2.74. The molecule has 4 atom stereocenters. The first kappa shape index (κ1) is 32.5. The lowest BCUT2D eigenvalue weighted by Gasteiger charge is -2.62. The highest BCUT2D eigenvalue weighted by Crippen LogP contribution is 2.61. The maximum absolute atomic E-state index is 12.9. The van der Waals surface area contributed by atoms with Crippen LogP contribution in [0, 0.1) is 23.2 Å². The molecule has 198 valence electrons. The minimum Gasteiger partial charge on any atom is -0.334 e. The highest BCUT2D eigenvalue weighted by atomic mass is 32.2. The summed E-state index contributed by atoms with van der Waals surface area (Å²) in [6.45, 7) is 7.11. The summed E-state index contributed by atoms with van der Waals surface area (Å²) in [5, 5.41) is 5.46. The molecular weight excluding hydrogens is 460 g/mol. The number of rotatable bonds is 6. The lowest BCUT2D eigenvalue weighted by Crippen LogP contribution is -2.60. The number of pyridine rings is 1. The number of urea groups is 1. The molecule has 0 radical (unpaired) electrons. The molecule has 2 aromatic rings. The molecule has 5 rings (SSSR count). The molecule has 2 bridgehead atoms. The van der Waals surface area contributed by atoms with Crippen LogP contribution < -0.4 is 15.4 Å². The second-order valence-corrected chi connectivity index (χ2v) is 11.1. The second-order valence-electron chi connectivity index (χ2n) is 9.38. The first-order valence-electron chi connectivity index (χ1n) is 10.7. The van der Waals surface area contributed by atoms with Gasteiger partial charge >= 0.3 is 6.03 Å². The van der Waals surface area contributed by atoms with Crippen LogP contribution in [0.2, 0.25) is 0 Å². The highest BCUT2D eigenvalue weighted by Gasteiger charge is 2.56. The van der Waals surface area contributed by atoms with E-state index in [0.717, 1.165) is 12.0 Å². The molecule has 0 saturated heterocycles. The van der Waals surface area contributed by atoms with Crippen LogP contribution in [-0.4, -0.2) is 25.5 Å². The third-order valence-corrected chi connectivity index (χ3v) is 8.76. The van der Waals surface area contributed by atoms with Gasteiger partial charge in [0.2, 0.25) is 10.0 Å². The summed E-state index contributed by atoms with van der Waals surface area (Å²) in [6.07, 6.45) is 5.45. The fourth-order valence-electron chi connectivity index (χ4n) is 5.15. The number of nitrogens with one attached hydrogen (secondary N) is 3. The van der Waals surface area contributed by atoms with E-state index in [2.05, 4.69) is 41.1 Å². The number of carbonyl (C=O) groups excluding carboxylic acids is 1. The summed E-state index contributed by atoms with van der Waals surface area (Å²) in [6, 6.07) is 9.53. The van der Waals surface area contributed by atoms with Crippen LogP contribution in [0.25, 0.3) is 0 Å². The van der Waals surface area contributed by atoms with Crippen molar-refractivity contribution in [1.82, 2.24) is 15.0 Å². The van der Waals surface area contributed by atoms with Crippen LogP contribution in [-0.2, 0) is 16.6 Å². The maximum Gasteiger partial charge on any atom is 0.319 e. The number of anilines is 1. The Morgan fingerprint density at radius 3 is 2.26 bits per heavy atom. The number of carbonyl (C=O) groups is 1. The molecule has 3 aliphatic carbocycles. The summed E-state index contributed by atoms with van der Waals surface area (Å²) in [7, 11) is -3.61. The average molecular weight is 507 g/mol. The normalized spacial score (nSPS) is 23.5. The molecule has 2 amide bonds. The van der Waals surface area contributed by atoms with E-state index in [4.69, 9.17) is 0 Å². The first-order valence-corrected chi connectivity index (χ1v) is 12.2. The van der Waals surface area contributed by atoms with Crippen molar-refractivity contribution >= 4 is 21.7 Å². The van der Waals surface area contributed by atoms with Crippen molar-refractivity contribution < 1.29 is 13.2 Å². The molecule has 3 saturated carbocycles. The Bertz CT molecular complexity index is 1040.